The summed E-state index contributed by atoms with van der Waals surface area (Å²) in [7, 11) is 0. The highest BCUT2D eigenvalue weighted by atomic mass is 32.1. The molecule has 1 atom stereocenters. The molecule has 134 valence electrons. The van der Waals surface area contributed by atoms with Gasteiger partial charge in [0.25, 0.3) is 5.91 Å². The van der Waals surface area contributed by atoms with E-state index in [1.807, 2.05) is 30.3 Å². The summed E-state index contributed by atoms with van der Waals surface area (Å²) >= 11 is 1.73. The Morgan fingerprint density at radius 3 is 2.42 bits per heavy atom. The van der Waals surface area contributed by atoms with Crippen molar-refractivity contribution in [3.05, 3.63) is 93.7 Å². The first-order valence-corrected chi connectivity index (χ1v) is 9.90. The van der Waals surface area contributed by atoms with Gasteiger partial charge in [0.1, 0.15) is 6.04 Å². The molecule has 1 aromatic heterocycles. The molecule has 2 aromatic carbocycles. The van der Waals surface area contributed by atoms with E-state index in [2.05, 4.69) is 59.3 Å². The molecule has 1 heterocycles. The van der Waals surface area contributed by atoms with Crippen LogP contribution in [0.25, 0.3) is 0 Å². The number of thiophene rings is 1. The van der Waals surface area contributed by atoms with Crippen LogP contribution in [0.15, 0.2) is 72.1 Å². The Kier molecular flexibility index (Phi) is 6.58. The van der Waals surface area contributed by atoms with Crippen LogP contribution in [0.4, 0.5) is 0 Å². The molecule has 0 aliphatic rings. The van der Waals surface area contributed by atoms with Crippen LogP contribution in [0.1, 0.15) is 34.5 Å². The fraction of sp³-hybridized carbons (Fsp3) is 0.227. The zero-order chi connectivity index (χ0) is 18.2. The van der Waals surface area contributed by atoms with E-state index < -0.39 is 0 Å². The topological polar surface area (TPSA) is 45.7 Å². The van der Waals surface area contributed by atoms with Crippen LogP contribution in [-0.4, -0.2) is 12.5 Å². The van der Waals surface area contributed by atoms with Gasteiger partial charge in [0.2, 0.25) is 0 Å². The van der Waals surface area contributed by atoms with Crippen molar-refractivity contribution in [3.63, 3.8) is 0 Å². The smallest absolute Gasteiger partial charge is 0.275 e. The Balaban J connectivity index is 1.61. The van der Waals surface area contributed by atoms with E-state index in [4.69, 9.17) is 0 Å². The molecule has 3 rings (SSSR count). The number of quaternary nitrogens is 1. The fourth-order valence-electron chi connectivity index (χ4n) is 2.94. The summed E-state index contributed by atoms with van der Waals surface area (Å²) in [6.45, 7) is 3.14. The highest BCUT2D eigenvalue weighted by molar-refractivity contribution is 7.10. The molecule has 0 aliphatic heterocycles. The number of hydrogen-bond donors (Lipinski definition) is 2. The van der Waals surface area contributed by atoms with E-state index in [1.54, 1.807) is 11.3 Å². The molecular formula is C22H25N2OS+. The minimum atomic E-state index is 0.0561. The quantitative estimate of drug-likeness (QED) is 0.632. The third-order valence-corrected chi connectivity index (χ3v) is 5.42. The molecule has 0 radical (unpaired) electrons. The lowest BCUT2D eigenvalue weighted by Crippen LogP contribution is -2.87. The molecule has 0 spiro atoms. The highest BCUT2D eigenvalue weighted by Crippen LogP contribution is 2.23. The minimum absolute atomic E-state index is 0.0561. The Labute approximate surface area is 159 Å². The Morgan fingerprint density at radius 1 is 1.00 bits per heavy atom. The number of nitrogens with one attached hydrogen (secondary N) is 1. The van der Waals surface area contributed by atoms with Gasteiger partial charge in [0.05, 0.1) is 4.88 Å². The molecule has 0 aliphatic carbocycles. The predicted molar refractivity (Wildman–Crippen MR) is 107 cm³/mol. The van der Waals surface area contributed by atoms with Gasteiger partial charge >= 0.3 is 0 Å². The lowest BCUT2D eigenvalue weighted by molar-refractivity contribution is -0.676. The van der Waals surface area contributed by atoms with E-state index in [0.29, 0.717) is 13.1 Å². The molecule has 0 saturated heterocycles. The maximum Gasteiger partial charge on any atom is 0.275 e. The Morgan fingerprint density at radius 2 is 1.77 bits per heavy atom. The third kappa shape index (κ3) is 5.04. The number of amides is 1. The van der Waals surface area contributed by atoms with Crippen LogP contribution in [0, 0.1) is 0 Å². The minimum Gasteiger partial charge on any atom is -0.347 e. The van der Waals surface area contributed by atoms with Gasteiger partial charge in [-0.1, -0.05) is 67.6 Å². The predicted octanol–water partition coefficient (Wildman–Crippen LogP) is 3.28. The molecule has 1 amide bonds. The van der Waals surface area contributed by atoms with Crippen LogP contribution in [0.3, 0.4) is 0 Å². The molecule has 0 bridgehead atoms. The van der Waals surface area contributed by atoms with E-state index >= 15 is 0 Å². The second-order valence-electron chi connectivity index (χ2n) is 6.29. The monoisotopic (exact) mass is 365 g/mol. The molecular weight excluding hydrogens is 340 g/mol. The number of hydrogen-bond acceptors (Lipinski definition) is 2. The van der Waals surface area contributed by atoms with E-state index in [-0.39, 0.29) is 11.9 Å². The molecule has 0 saturated carbocycles. The molecule has 26 heavy (non-hydrogen) atoms. The zero-order valence-corrected chi connectivity index (χ0v) is 15.8. The average molecular weight is 366 g/mol. The van der Waals surface area contributed by atoms with E-state index in [1.165, 1.54) is 16.0 Å². The van der Waals surface area contributed by atoms with E-state index in [0.717, 1.165) is 12.0 Å². The summed E-state index contributed by atoms with van der Waals surface area (Å²) in [6.07, 6.45) is 1.04. The van der Waals surface area contributed by atoms with Gasteiger partial charge < -0.3 is 10.6 Å². The second-order valence-corrected chi connectivity index (χ2v) is 7.27. The molecule has 0 unspecified atom stereocenters. The standard InChI is InChI=1S/C22H24N2OS/c1-2-17-10-12-19(13-11-17)22(20-9-6-14-26-20)24-16-21(25)23-15-18-7-4-3-5-8-18/h3-14,22,24H,2,15-16H2,1H3,(H,23,25)/p+1/t22-/m1/s1. The van der Waals surface area contributed by atoms with Gasteiger partial charge in [-0.3, -0.25) is 4.79 Å². The first kappa shape index (κ1) is 18.4. The van der Waals surface area contributed by atoms with Crippen LogP contribution in [0.2, 0.25) is 0 Å². The van der Waals surface area contributed by atoms with Gasteiger partial charge in [-0.05, 0) is 29.0 Å². The maximum absolute atomic E-state index is 12.3. The fourth-order valence-corrected chi connectivity index (χ4v) is 3.79. The summed E-state index contributed by atoms with van der Waals surface area (Å²) < 4.78 is 0. The van der Waals surface area contributed by atoms with Crippen LogP contribution in [0.5, 0.6) is 0 Å². The van der Waals surface area contributed by atoms with Gasteiger partial charge in [0.15, 0.2) is 6.54 Å². The van der Waals surface area contributed by atoms with E-state index in [9.17, 15) is 4.79 Å². The van der Waals surface area contributed by atoms with Crippen molar-refractivity contribution in [2.75, 3.05) is 6.54 Å². The average Bonchev–Trinajstić information content (AvgIpc) is 3.22. The van der Waals surface area contributed by atoms with Crippen molar-refractivity contribution in [1.82, 2.24) is 5.32 Å². The molecule has 4 heteroatoms. The lowest BCUT2D eigenvalue weighted by Gasteiger charge is -2.15. The first-order chi connectivity index (χ1) is 12.8. The summed E-state index contributed by atoms with van der Waals surface area (Å²) in [5.41, 5.74) is 3.69. The summed E-state index contributed by atoms with van der Waals surface area (Å²) in [6, 6.07) is 23.1. The molecule has 3 N–H and O–H groups in total. The SMILES string of the molecule is CCc1ccc([C@@H]([NH2+]CC(=O)NCc2ccccc2)c2cccs2)cc1. The maximum atomic E-state index is 12.3. The van der Waals surface area contributed by atoms with Crippen molar-refractivity contribution in [2.45, 2.75) is 25.9 Å². The number of rotatable bonds is 8. The number of nitrogens with two attached hydrogens (primary N) is 1. The van der Waals surface area contributed by atoms with Crippen molar-refractivity contribution >= 4 is 17.2 Å². The molecule has 3 aromatic rings. The third-order valence-electron chi connectivity index (χ3n) is 4.47. The Bertz CT molecular complexity index is 798. The van der Waals surface area contributed by atoms with Crippen LogP contribution < -0.4 is 10.6 Å². The normalized spacial score (nSPS) is 11.9. The highest BCUT2D eigenvalue weighted by Gasteiger charge is 2.20. The van der Waals surface area contributed by atoms with Gasteiger partial charge in [0, 0.05) is 12.1 Å². The van der Waals surface area contributed by atoms with Crippen molar-refractivity contribution in [3.8, 4) is 0 Å². The summed E-state index contributed by atoms with van der Waals surface area (Å²) in [5.74, 6) is 0.0561. The molecule has 3 nitrogen and oxygen atoms in total. The molecule has 0 fully saturated rings. The van der Waals surface area contributed by atoms with Crippen LogP contribution >= 0.6 is 11.3 Å². The number of aryl methyl sites for hydroxylation is 1. The lowest BCUT2D eigenvalue weighted by atomic mass is 10.0. The van der Waals surface area contributed by atoms with Crippen LogP contribution in [-0.2, 0) is 17.8 Å². The number of benzene rings is 2. The summed E-state index contributed by atoms with van der Waals surface area (Å²) in [4.78, 5) is 13.6. The van der Waals surface area contributed by atoms with Gasteiger partial charge in [-0.15, -0.1) is 11.3 Å². The Hall–Kier alpha value is -2.43. The zero-order valence-electron chi connectivity index (χ0n) is 15.0. The number of carbonyl (C=O) groups is 1. The largest absolute Gasteiger partial charge is 0.347 e. The van der Waals surface area contributed by atoms with Gasteiger partial charge in [-0.25, -0.2) is 0 Å². The van der Waals surface area contributed by atoms with Crippen molar-refractivity contribution < 1.29 is 10.1 Å². The van der Waals surface area contributed by atoms with Crippen molar-refractivity contribution in [2.24, 2.45) is 0 Å². The number of carbonyl (C=O) groups excluding carboxylic acids is 1. The first-order valence-electron chi connectivity index (χ1n) is 9.02. The van der Waals surface area contributed by atoms with Crippen molar-refractivity contribution in [1.29, 1.82) is 0 Å². The summed E-state index contributed by atoms with van der Waals surface area (Å²) in [5, 5.41) is 7.21. The van der Waals surface area contributed by atoms with Gasteiger partial charge in [-0.2, -0.15) is 0 Å². The second kappa shape index (κ2) is 9.32.